The molecule has 0 saturated heterocycles. The minimum absolute atomic E-state index is 0.0452. The van der Waals surface area contributed by atoms with E-state index in [1.807, 2.05) is 11.8 Å². The first-order chi connectivity index (χ1) is 14.4. The summed E-state index contributed by atoms with van der Waals surface area (Å²) < 4.78 is 32.4. The maximum atomic E-state index is 12.7. The largest absolute Gasteiger partial charge is 0.468 e. The Morgan fingerprint density at radius 1 is 1.27 bits per heavy atom. The molecule has 156 valence electrons. The molecule has 3 heterocycles. The molecule has 1 atom stereocenters. The van der Waals surface area contributed by atoms with Crippen LogP contribution in [-0.4, -0.2) is 25.8 Å². The molecular weight excluding hydrogens is 420 g/mol. The van der Waals surface area contributed by atoms with Crippen molar-refractivity contribution in [3.8, 4) is 0 Å². The van der Waals surface area contributed by atoms with E-state index in [1.165, 1.54) is 28.8 Å². The van der Waals surface area contributed by atoms with Crippen LogP contribution in [0.5, 0.6) is 0 Å². The number of hydrogen-bond donors (Lipinski definition) is 1. The highest BCUT2D eigenvalue weighted by Crippen LogP contribution is 2.32. The molecule has 6 nitrogen and oxygen atoms in total. The number of fused-ring (bicyclic) bond motifs is 1. The van der Waals surface area contributed by atoms with Gasteiger partial charge in [0.1, 0.15) is 5.76 Å². The fourth-order valence-corrected chi connectivity index (χ4v) is 5.45. The Morgan fingerprint density at radius 2 is 2.07 bits per heavy atom. The predicted molar refractivity (Wildman–Crippen MR) is 116 cm³/mol. The molecule has 3 aromatic rings. The summed E-state index contributed by atoms with van der Waals surface area (Å²) in [6.07, 6.45) is 5.64. The van der Waals surface area contributed by atoms with Gasteiger partial charge in [0.25, 0.3) is 0 Å². The molecule has 1 N–H and O–H groups in total. The summed E-state index contributed by atoms with van der Waals surface area (Å²) in [5.41, 5.74) is 1.99. The minimum atomic E-state index is -3.64. The maximum Gasteiger partial charge on any atom is 0.247 e. The van der Waals surface area contributed by atoms with Gasteiger partial charge in [-0.15, -0.1) is 11.3 Å². The van der Waals surface area contributed by atoms with E-state index in [1.54, 1.807) is 47.8 Å². The fraction of sp³-hybridized carbons (Fsp3) is 0.227. The van der Waals surface area contributed by atoms with Crippen LogP contribution >= 0.6 is 11.3 Å². The molecule has 8 heteroatoms. The lowest BCUT2D eigenvalue weighted by Gasteiger charge is -2.32. The Labute approximate surface area is 179 Å². The van der Waals surface area contributed by atoms with Crippen molar-refractivity contribution in [2.45, 2.75) is 30.8 Å². The minimum Gasteiger partial charge on any atom is -0.468 e. The monoisotopic (exact) mass is 442 g/mol. The van der Waals surface area contributed by atoms with Crippen LogP contribution in [0.25, 0.3) is 6.08 Å². The number of nitrogens with one attached hydrogen (secondary N) is 1. The highest BCUT2D eigenvalue weighted by Gasteiger charge is 2.27. The van der Waals surface area contributed by atoms with Gasteiger partial charge in [-0.2, -0.15) is 0 Å². The van der Waals surface area contributed by atoms with Crippen LogP contribution in [0, 0.1) is 0 Å². The molecule has 2 aromatic heterocycles. The van der Waals surface area contributed by atoms with Crippen molar-refractivity contribution >= 4 is 33.3 Å². The molecule has 4 rings (SSSR count). The second-order valence-corrected chi connectivity index (χ2v) is 9.83. The number of thiophene rings is 1. The molecule has 0 spiro atoms. The van der Waals surface area contributed by atoms with Crippen LogP contribution in [-0.2, 0) is 27.8 Å². The Morgan fingerprint density at radius 3 is 2.80 bits per heavy atom. The van der Waals surface area contributed by atoms with Gasteiger partial charge in [0.15, 0.2) is 0 Å². The van der Waals surface area contributed by atoms with Gasteiger partial charge in [0.05, 0.1) is 23.7 Å². The van der Waals surface area contributed by atoms with Crippen LogP contribution in [0.3, 0.4) is 0 Å². The lowest BCUT2D eigenvalue weighted by molar-refractivity contribution is -0.128. The first-order valence-electron chi connectivity index (χ1n) is 9.61. The van der Waals surface area contributed by atoms with E-state index in [0.29, 0.717) is 12.3 Å². The Bertz CT molecular complexity index is 1150. The van der Waals surface area contributed by atoms with E-state index >= 15 is 0 Å². The highest BCUT2D eigenvalue weighted by atomic mass is 32.2. The standard InChI is InChI=1S/C22H22N2O4S2/c1-16-20-11-14-29-21(20)10-12-24(16)22(25)9-6-17-4-7-19(8-5-17)30(26,27)23-15-18-3-2-13-28-18/h2-9,11,13-14,16,23H,10,12,15H2,1H3. The zero-order valence-corrected chi connectivity index (χ0v) is 18.1. The first-order valence-corrected chi connectivity index (χ1v) is 12.0. The van der Waals surface area contributed by atoms with Gasteiger partial charge in [0.2, 0.25) is 15.9 Å². The second-order valence-electron chi connectivity index (χ2n) is 7.06. The molecule has 30 heavy (non-hydrogen) atoms. The number of carbonyl (C=O) groups is 1. The summed E-state index contributed by atoms with van der Waals surface area (Å²) in [7, 11) is -3.64. The number of rotatable bonds is 6. The number of carbonyl (C=O) groups excluding carboxylic acids is 1. The van der Waals surface area contributed by atoms with Crippen LogP contribution in [0.15, 0.2) is 69.5 Å². The molecule has 1 aliphatic heterocycles. The number of amides is 1. The van der Waals surface area contributed by atoms with Crippen molar-refractivity contribution in [3.05, 3.63) is 81.9 Å². The van der Waals surface area contributed by atoms with Crippen molar-refractivity contribution in [1.29, 1.82) is 0 Å². The highest BCUT2D eigenvalue weighted by molar-refractivity contribution is 7.89. The third kappa shape index (κ3) is 4.40. The van der Waals surface area contributed by atoms with Crippen molar-refractivity contribution in [1.82, 2.24) is 9.62 Å². The van der Waals surface area contributed by atoms with Crippen molar-refractivity contribution in [3.63, 3.8) is 0 Å². The van der Waals surface area contributed by atoms with Gasteiger partial charge in [-0.1, -0.05) is 12.1 Å². The van der Waals surface area contributed by atoms with E-state index in [9.17, 15) is 13.2 Å². The topological polar surface area (TPSA) is 79.6 Å². The van der Waals surface area contributed by atoms with E-state index < -0.39 is 10.0 Å². The van der Waals surface area contributed by atoms with Gasteiger partial charge in [-0.05, 0) is 66.3 Å². The first kappa shape index (κ1) is 20.6. The summed E-state index contributed by atoms with van der Waals surface area (Å²) in [6, 6.07) is 12.0. The smallest absolute Gasteiger partial charge is 0.247 e. The average molecular weight is 443 g/mol. The predicted octanol–water partition coefficient (Wildman–Crippen LogP) is 3.98. The maximum absolute atomic E-state index is 12.7. The molecule has 1 aliphatic rings. The van der Waals surface area contributed by atoms with Crippen LogP contribution in [0.4, 0.5) is 0 Å². The number of hydrogen-bond acceptors (Lipinski definition) is 5. The molecule has 1 aromatic carbocycles. The molecule has 1 amide bonds. The summed E-state index contributed by atoms with van der Waals surface area (Å²) in [4.78, 5) is 16.0. The van der Waals surface area contributed by atoms with E-state index in [0.717, 1.165) is 12.0 Å². The molecule has 0 aliphatic carbocycles. The summed E-state index contributed by atoms with van der Waals surface area (Å²) in [6.45, 7) is 2.84. The zero-order valence-electron chi connectivity index (χ0n) is 16.4. The molecular formula is C22H22N2O4S2. The third-order valence-electron chi connectivity index (χ3n) is 5.19. The lowest BCUT2D eigenvalue weighted by atomic mass is 10.0. The Balaban J connectivity index is 1.39. The van der Waals surface area contributed by atoms with Gasteiger partial charge in [0, 0.05) is 17.5 Å². The zero-order chi connectivity index (χ0) is 21.1. The van der Waals surface area contributed by atoms with E-state index in [-0.39, 0.29) is 23.4 Å². The normalized spacial score (nSPS) is 16.7. The molecule has 0 saturated carbocycles. The fourth-order valence-electron chi connectivity index (χ4n) is 3.49. The molecule has 1 unspecified atom stereocenters. The van der Waals surface area contributed by atoms with E-state index in [4.69, 9.17) is 4.42 Å². The van der Waals surface area contributed by atoms with Crippen LogP contribution in [0.1, 0.15) is 34.7 Å². The Kier molecular flexibility index (Phi) is 5.90. The molecule has 0 fully saturated rings. The van der Waals surface area contributed by atoms with Crippen molar-refractivity contribution in [2.24, 2.45) is 0 Å². The molecule has 0 bridgehead atoms. The van der Waals surface area contributed by atoms with Crippen molar-refractivity contribution < 1.29 is 17.6 Å². The van der Waals surface area contributed by atoms with Gasteiger partial charge < -0.3 is 9.32 Å². The van der Waals surface area contributed by atoms with Crippen molar-refractivity contribution in [2.75, 3.05) is 6.54 Å². The van der Waals surface area contributed by atoms with Crippen LogP contribution in [0.2, 0.25) is 0 Å². The second kappa shape index (κ2) is 8.59. The number of benzene rings is 1. The van der Waals surface area contributed by atoms with Crippen LogP contribution < -0.4 is 4.72 Å². The Hall–Kier alpha value is -2.68. The summed E-state index contributed by atoms with van der Waals surface area (Å²) in [5.74, 6) is 0.495. The quantitative estimate of drug-likeness (QED) is 0.586. The number of furan rings is 1. The lowest BCUT2D eigenvalue weighted by Crippen LogP contribution is -2.37. The van der Waals surface area contributed by atoms with Gasteiger partial charge in [-0.3, -0.25) is 4.79 Å². The summed E-state index contributed by atoms with van der Waals surface area (Å²) >= 11 is 1.74. The van der Waals surface area contributed by atoms with Gasteiger partial charge >= 0.3 is 0 Å². The number of sulfonamides is 1. The average Bonchev–Trinajstić information content (AvgIpc) is 3.43. The van der Waals surface area contributed by atoms with Gasteiger partial charge in [-0.25, -0.2) is 13.1 Å². The van der Waals surface area contributed by atoms with E-state index in [2.05, 4.69) is 16.2 Å². The molecule has 0 radical (unpaired) electrons. The summed E-state index contributed by atoms with van der Waals surface area (Å²) in [5, 5.41) is 2.07. The number of nitrogens with zero attached hydrogens (tertiary/aromatic N) is 1. The SMILES string of the molecule is CC1c2ccsc2CCN1C(=O)C=Cc1ccc(S(=O)(=O)NCc2ccco2)cc1. The third-order valence-corrected chi connectivity index (χ3v) is 7.60.